The monoisotopic (exact) mass is 1560 g/mol. The highest BCUT2D eigenvalue weighted by Gasteiger charge is 2.31. The van der Waals surface area contributed by atoms with Crippen LogP contribution in [0.3, 0.4) is 0 Å². The number of unbranched alkanes of at least 4 members (excludes halogenated alkanes) is 53. The predicted octanol–water partition coefficient (Wildman–Crippen LogP) is 26.9. The molecule has 0 aliphatic carbocycles. The van der Waals surface area contributed by atoms with Gasteiger partial charge in [0.15, 0.2) is 12.2 Å². The second kappa shape index (κ2) is 78.0. The summed E-state index contributed by atoms with van der Waals surface area (Å²) >= 11 is 0. The zero-order valence-electron chi connectivity index (χ0n) is 70.6. The topological polar surface area (TPSA) is 237 Å². The molecule has 0 aromatic carbocycles. The van der Waals surface area contributed by atoms with Crippen LogP contribution in [0.25, 0.3) is 0 Å². The van der Waals surface area contributed by atoms with Crippen molar-refractivity contribution < 1.29 is 80.2 Å². The maximum atomic E-state index is 13.2. The van der Waals surface area contributed by atoms with Crippen LogP contribution in [0.2, 0.25) is 0 Å². The Morgan fingerprint density at radius 1 is 0.271 bits per heavy atom. The lowest BCUT2D eigenvalue weighted by atomic mass is 9.99. The van der Waals surface area contributed by atoms with E-state index in [1.54, 1.807) is 0 Å². The minimum atomic E-state index is -4.97. The first-order chi connectivity index (χ1) is 51.8. The number of ether oxygens (including phenoxy) is 4. The van der Waals surface area contributed by atoms with Gasteiger partial charge in [0.1, 0.15) is 19.3 Å². The van der Waals surface area contributed by atoms with Gasteiger partial charge in [-0.2, -0.15) is 0 Å². The van der Waals surface area contributed by atoms with Crippen molar-refractivity contribution in [2.75, 3.05) is 39.6 Å². The number of aliphatic hydroxyl groups is 1. The Hall–Kier alpha value is -1.94. The van der Waals surface area contributed by atoms with Crippen LogP contribution in [-0.2, 0) is 65.4 Å². The van der Waals surface area contributed by atoms with Gasteiger partial charge in [0, 0.05) is 25.7 Å². The molecule has 0 radical (unpaired) electrons. The van der Waals surface area contributed by atoms with Gasteiger partial charge >= 0.3 is 39.5 Å². The summed E-state index contributed by atoms with van der Waals surface area (Å²) in [4.78, 5) is 73.3. The number of phosphoric acid groups is 2. The van der Waals surface area contributed by atoms with E-state index in [4.69, 9.17) is 37.0 Å². The van der Waals surface area contributed by atoms with Crippen molar-refractivity contribution in [3.8, 4) is 0 Å². The normalized spacial score (nSPS) is 14.1. The highest BCUT2D eigenvalue weighted by atomic mass is 31.2. The van der Waals surface area contributed by atoms with Crippen molar-refractivity contribution in [1.82, 2.24) is 0 Å². The molecule has 19 heteroatoms. The van der Waals surface area contributed by atoms with Gasteiger partial charge in [-0.3, -0.25) is 37.3 Å². The highest BCUT2D eigenvalue weighted by molar-refractivity contribution is 7.47. The third-order valence-corrected chi connectivity index (χ3v) is 22.9. The molecule has 0 aliphatic heterocycles. The van der Waals surface area contributed by atoms with E-state index >= 15 is 0 Å². The Kier molecular flexibility index (Phi) is 76.6. The smallest absolute Gasteiger partial charge is 0.462 e. The van der Waals surface area contributed by atoms with E-state index in [0.717, 1.165) is 108 Å². The lowest BCUT2D eigenvalue weighted by Gasteiger charge is -2.21. The zero-order chi connectivity index (χ0) is 78.6. The molecule has 0 aliphatic rings. The minimum absolute atomic E-state index is 0.107. The van der Waals surface area contributed by atoms with Gasteiger partial charge in [0.25, 0.3) is 0 Å². The number of hydrogen-bond acceptors (Lipinski definition) is 15. The van der Waals surface area contributed by atoms with E-state index in [1.165, 1.54) is 276 Å². The molecule has 107 heavy (non-hydrogen) atoms. The number of aliphatic hydroxyl groups excluding tert-OH is 1. The van der Waals surface area contributed by atoms with Gasteiger partial charge in [-0.25, -0.2) is 9.13 Å². The molecule has 0 aromatic rings. The minimum Gasteiger partial charge on any atom is -0.462 e. The fraction of sp³-hybridized carbons (Fsp3) is 0.955. The molecule has 0 saturated carbocycles. The van der Waals surface area contributed by atoms with Gasteiger partial charge in [0.05, 0.1) is 26.4 Å². The standard InChI is InChI=1S/C88H172O17P2/c1-8-10-11-12-13-14-15-16-17-18-19-20-21-22-25-31-36-41-50-57-64-71-87(92)104-83(75-98-85(90)69-62-55-48-40-35-30-26-23-24-28-33-38-45-52-59-66-79(3)4)77-102-106(94,95)100-73-82(89)74-101-107(96,97)103-78-84(76-99-86(91)70-63-56-49-44-43-47-54-61-68-81(7)9-2)105-88(93)72-65-58-51-42-37-32-27-29-34-39-46-53-60-67-80(5)6/h79-84,89H,8-78H2,1-7H3,(H,94,95)(H,96,97)/t81?,82-,83-,84-/m1/s1. The van der Waals surface area contributed by atoms with Crippen molar-refractivity contribution >= 4 is 39.5 Å². The van der Waals surface area contributed by atoms with Crippen LogP contribution in [0.4, 0.5) is 0 Å². The number of carbonyl (C=O) groups is 4. The maximum Gasteiger partial charge on any atom is 0.472 e. The number of hydrogen-bond donors (Lipinski definition) is 3. The predicted molar refractivity (Wildman–Crippen MR) is 441 cm³/mol. The summed E-state index contributed by atoms with van der Waals surface area (Å²) in [5, 5.41) is 10.7. The van der Waals surface area contributed by atoms with Crippen LogP contribution in [0.5, 0.6) is 0 Å². The average molecular weight is 1560 g/mol. The summed E-state index contributed by atoms with van der Waals surface area (Å²) in [7, 11) is -9.93. The zero-order valence-corrected chi connectivity index (χ0v) is 72.4. The van der Waals surface area contributed by atoms with E-state index in [1.807, 2.05) is 0 Å². The molecule has 0 rings (SSSR count). The fourth-order valence-corrected chi connectivity index (χ4v) is 15.3. The van der Waals surface area contributed by atoms with E-state index in [2.05, 4.69) is 48.5 Å². The summed E-state index contributed by atoms with van der Waals surface area (Å²) in [6, 6.07) is 0. The Labute approximate surface area is 658 Å². The van der Waals surface area contributed by atoms with Gasteiger partial charge in [-0.15, -0.1) is 0 Å². The first kappa shape index (κ1) is 105. The summed E-state index contributed by atoms with van der Waals surface area (Å²) < 4.78 is 69.0. The first-order valence-corrected chi connectivity index (χ1v) is 48.4. The van der Waals surface area contributed by atoms with Crippen molar-refractivity contribution in [3.63, 3.8) is 0 Å². The first-order valence-electron chi connectivity index (χ1n) is 45.4. The number of esters is 4. The number of carbonyl (C=O) groups excluding carboxylic acids is 4. The Balaban J connectivity index is 5.26. The third kappa shape index (κ3) is 80.5. The molecule has 6 atom stereocenters. The number of rotatable bonds is 86. The average Bonchev–Trinajstić information content (AvgIpc) is 0.902. The molecule has 636 valence electrons. The second-order valence-corrected chi connectivity index (χ2v) is 35.7. The van der Waals surface area contributed by atoms with Crippen molar-refractivity contribution in [1.29, 1.82) is 0 Å². The van der Waals surface area contributed by atoms with Crippen LogP contribution in [-0.4, -0.2) is 96.7 Å². The molecule has 0 bridgehead atoms. The van der Waals surface area contributed by atoms with E-state index in [-0.39, 0.29) is 25.7 Å². The molecule has 0 spiro atoms. The Morgan fingerprint density at radius 3 is 0.710 bits per heavy atom. The molecule has 0 aromatic heterocycles. The molecule has 3 N–H and O–H groups in total. The summed E-state index contributed by atoms with van der Waals surface area (Å²) in [5.74, 6) is 0.268. The SMILES string of the molecule is CCCCCCCCCCCCCCCCCCCCCCCC(=O)O[C@H](COC(=O)CCCCCCCCCCCCCCCCCC(C)C)COP(=O)(O)OC[C@@H](O)COP(=O)(O)OC[C@@H](COC(=O)CCCCCCCCCCC(C)CC)OC(=O)CCCCCCCCCCCCCCCC(C)C. The maximum absolute atomic E-state index is 13.2. The third-order valence-electron chi connectivity index (χ3n) is 21.0. The molecule has 0 fully saturated rings. The largest absolute Gasteiger partial charge is 0.472 e. The molecule has 0 heterocycles. The molecule has 0 amide bonds. The molecule has 17 nitrogen and oxygen atoms in total. The Bertz CT molecular complexity index is 2060. The van der Waals surface area contributed by atoms with Crippen LogP contribution >= 0.6 is 15.6 Å². The van der Waals surface area contributed by atoms with Crippen molar-refractivity contribution in [2.24, 2.45) is 17.8 Å². The van der Waals surface area contributed by atoms with Crippen molar-refractivity contribution in [2.45, 2.75) is 484 Å². The quantitative estimate of drug-likeness (QED) is 0.0222. The van der Waals surface area contributed by atoms with Crippen LogP contribution < -0.4 is 0 Å². The number of phosphoric ester groups is 2. The molecular formula is C88H172O17P2. The lowest BCUT2D eigenvalue weighted by Crippen LogP contribution is -2.30. The highest BCUT2D eigenvalue weighted by Crippen LogP contribution is 2.45. The van der Waals surface area contributed by atoms with Crippen LogP contribution in [0.15, 0.2) is 0 Å². The van der Waals surface area contributed by atoms with Gasteiger partial charge < -0.3 is 33.8 Å². The molecule has 3 unspecified atom stereocenters. The van der Waals surface area contributed by atoms with Gasteiger partial charge in [-0.1, -0.05) is 414 Å². The summed E-state index contributed by atoms with van der Waals surface area (Å²) in [5.41, 5.74) is 0. The fourth-order valence-electron chi connectivity index (χ4n) is 13.7. The van der Waals surface area contributed by atoms with Crippen molar-refractivity contribution in [3.05, 3.63) is 0 Å². The van der Waals surface area contributed by atoms with E-state index < -0.39 is 97.5 Å². The lowest BCUT2D eigenvalue weighted by molar-refractivity contribution is -0.161. The molecular weight excluding hydrogens is 1390 g/mol. The second-order valence-electron chi connectivity index (χ2n) is 32.8. The van der Waals surface area contributed by atoms with Gasteiger partial charge in [-0.05, 0) is 43.4 Å². The van der Waals surface area contributed by atoms with E-state index in [9.17, 15) is 43.2 Å². The summed E-state index contributed by atoms with van der Waals surface area (Å²) in [6.07, 6.45) is 69.4. The van der Waals surface area contributed by atoms with Crippen LogP contribution in [0.1, 0.15) is 466 Å². The summed E-state index contributed by atoms with van der Waals surface area (Å²) in [6.45, 7) is 12.0. The van der Waals surface area contributed by atoms with Gasteiger partial charge in [0.2, 0.25) is 0 Å². The van der Waals surface area contributed by atoms with E-state index in [0.29, 0.717) is 25.7 Å². The van der Waals surface area contributed by atoms with Crippen LogP contribution in [0, 0.1) is 17.8 Å². The molecule has 0 saturated heterocycles. The Morgan fingerprint density at radius 2 is 0.477 bits per heavy atom.